The zero-order chi connectivity index (χ0) is 24.7. The van der Waals surface area contributed by atoms with Crippen LogP contribution in [0.3, 0.4) is 0 Å². The molecule has 0 aliphatic carbocycles. The quantitative estimate of drug-likeness (QED) is 0.471. The van der Waals surface area contributed by atoms with Crippen molar-refractivity contribution in [2.75, 3.05) is 21.2 Å². The number of benzene rings is 2. The molecule has 0 unspecified atom stereocenters. The highest BCUT2D eigenvalue weighted by Crippen LogP contribution is 2.28. The molecule has 0 spiro atoms. The van der Waals surface area contributed by atoms with Crippen LogP contribution in [0.25, 0.3) is 0 Å². The molecule has 0 saturated carbocycles. The number of rotatable bonds is 10. The smallest absolute Gasteiger partial charge is 0.251 e. The Morgan fingerprint density at radius 2 is 1.74 bits per heavy atom. The van der Waals surface area contributed by atoms with Crippen LogP contribution in [0.15, 0.2) is 76.6 Å². The first-order valence-corrected chi connectivity index (χ1v) is 11.9. The number of hydrogen-bond acceptors (Lipinski definition) is 6. The number of nitrogens with one attached hydrogen (secondary N) is 1. The molecule has 3 aromatic rings. The van der Waals surface area contributed by atoms with Crippen molar-refractivity contribution in [3.63, 3.8) is 0 Å². The third-order valence-electron chi connectivity index (χ3n) is 5.00. The molecule has 0 saturated heterocycles. The minimum Gasteiger partial charge on any atom is -0.493 e. The number of nitrogens with zero attached hydrogens (tertiary/aromatic N) is 2. The Morgan fingerprint density at radius 3 is 2.41 bits per heavy atom. The van der Waals surface area contributed by atoms with Crippen molar-refractivity contribution in [2.24, 2.45) is 0 Å². The lowest BCUT2D eigenvalue weighted by molar-refractivity contribution is -0.121. The van der Waals surface area contributed by atoms with Crippen LogP contribution in [-0.4, -0.2) is 44.4 Å². The van der Waals surface area contributed by atoms with Gasteiger partial charge in [0.05, 0.1) is 12.0 Å². The van der Waals surface area contributed by atoms with Gasteiger partial charge in [-0.25, -0.2) is 12.7 Å². The second kappa shape index (κ2) is 11.0. The zero-order valence-corrected chi connectivity index (χ0v) is 20.0. The van der Waals surface area contributed by atoms with Crippen molar-refractivity contribution in [1.29, 1.82) is 0 Å². The molecule has 0 aliphatic heterocycles. The van der Waals surface area contributed by atoms with Gasteiger partial charge in [-0.05, 0) is 29.3 Å². The van der Waals surface area contributed by atoms with E-state index in [0.29, 0.717) is 18.1 Å². The highest BCUT2D eigenvalue weighted by Gasteiger charge is 2.18. The van der Waals surface area contributed by atoms with E-state index in [4.69, 9.17) is 9.47 Å². The summed E-state index contributed by atoms with van der Waals surface area (Å²) in [7, 11) is 0.596. The average Bonchev–Trinajstić information content (AvgIpc) is 2.83. The van der Waals surface area contributed by atoms with Crippen molar-refractivity contribution in [1.82, 2.24) is 14.2 Å². The minimum absolute atomic E-state index is 0.0688. The zero-order valence-electron chi connectivity index (χ0n) is 19.2. The summed E-state index contributed by atoms with van der Waals surface area (Å²) in [6.07, 6.45) is 1.17. The van der Waals surface area contributed by atoms with Crippen molar-refractivity contribution in [2.45, 2.75) is 24.6 Å². The standard InChI is InChI=1S/C24H27N3O6S/c1-26(2)34(30,31)20-10-12-24(29)27(15-20)16-23(28)25-14-19-9-11-21(22(13-19)32-3)33-17-18-7-5-4-6-8-18/h4-13,15H,14,16-17H2,1-3H3,(H,25,28). The molecule has 180 valence electrons. The number of hydrogen-bond donors (Lipinski definition) is 1. The summed E-state index contributed by atoms with van der Waals surface area (Å²) in [5.74, 6) is 0.664. The molecule has 0 bridgehead atoms. The van der Waals surface area contributed by atoms with Gasteiger partial charge >= 0.3 is 0 Å². The largest absolute Gasteiger partial charge is 0.493 e. The Morgan fingerprint density at radius 1 is 1.00 bits per heavy atom. The maximum atomic E-state index is 12.4. The maximum absolute atomic E-state index is 12.4. The first kappa shape index (κ1) is 25.0. The Bertz CT molecular complexity index is 1300. The third-order valence-corrected chi connectivity index (χ3v) is 6.80. The van der Waals surface area contributed by atoms with Gasteiger partial charge in [-0.3, -0.25) is 9.59 Å². The molecule has 0 radical (unpaired) electrons. The van der Waals surface area contributed by atoms with E-state index in [-0.39, 0.29) is 18.0 Å². The summed E-state index contributed by atoms with van der Waals surface area (Å²) in [4.78, 5) is 24.5. The number of carbonyl (C=O) groups is 1. The van der Waals surface area contributed by atoms with Crippen molar-refractivity contribution in [3.8, 4) is 11.5 Å². The van der Waals surface area contributed by atoms with Crippen LogP contribution < -0.4 is 20.3 Å². The van der Waals surface area contributed by atoms with E-state index >= 15 is 0 Å². The summed E-state index contributed by atoms with van der Waals surface area (Å²) in [5.41, 5.74) is 1.32. The second-order valence-electron chi connectivity index (χ2n) is 7.65. The molecule has 1 aromatic heterocycles. The van der Waals surface area contributed by atoms with Gasteiger partial charge in [-0.2, -0.15) is 0 Å². The Hall–Kier alpha value is -3.63. The number of ether oxygens (including phenoxy) is 2. The van der Waals surface area contributed by atoms with Crippen LogP contribution in [0.2, 0.25) is 0 Å². The highest BCUT2D eigenvalue weighted by atomic mass is 32.2. The van der Waals surface area contributed by atoms with Crippen LogP contribution in [0.5, 0.6) is 11.5 Å². The van der Waals surface area contributed by atoms with E-state index in [1.165, 1.54) is 33.5 Å². The number of methoxy groups -OCH3 is 1. The monoisotopic (exact) mass is 485 g/mol. The first-order valence-electron chi connectivity index (χ1n) is 10.4. The number of pyridine rings is 1. The van der Waals surface area contributed by atoms with Gasteiger partial charge in [-0.15, -0.1) is 0 Å². The maximum Gasteiger partial charge on any atom is 0.251 e. The molecule has 0 fully saturated rings. The second-order valence-corrected chi connectivity index (χ2v) is 9.81. The molecular weight excluding hydrogens is 458 g/mol. The summed E-state index contributed by atoms with van der Waals surface area (Å²) < 4.78 is 37.9. The molecule has 1 N–H and O–H groups in total. The lowest BCUT2D eigenvalue weighted by Gasteiger charge is -2.14. The average molecular weight is 486 g/mol. The summed E-state index contributed by atoms with van der Waals surface area (Å²) in [6, 6.07) is 17.4. The molecule has 34 heavy (non-hydrogen) atoms. The summed E-state index contributed by atoms with van der Waals surface area (Å²) in [6.45, 7) is 0.272. The van der Waals surface area contributed by atoms with E-state index in [2.05, 4.69) is 5.32 Å². The van der Waals surface area contributed by atoms with E-state index in [9.17, 15) is 18.0 Å². The molecule has 3 rings (SSSR count). The van der Waals surface area contributed by atoms with Crippen LogP contribution in [-0.2, 0) is 34.5 Å². The van der Waals surface area contributed by atoms with Gasteiger partial charge in [0, 0.05) is 32.9 Å². The topological polar surface area (TPSA) is 107 Å². The normalized spacial score (nSPS) is 11.3. The fourth-order valence-corrected chi connectivity index (χ4v) is 4.01. The van der Waals surface area contributed by atoms with Crippen LogP contribution in [0, 0.1) is 0 Å². The van der Waals surface area contributed by atoms with Crippen LogP contribution in [0.1, 0.15) is 11.1 Å². The van der Waals surface area contributed by atoms with Crippen molar-refractivity contribution >= 4 is 15.9 Å². The number of carbonyl (C=O) groups excluding carboxylic acids is 1. The van der Waals surface area contributed by atoms with E-state index in [0.717, 1.165) is 26.1 Å². The van der Waals surface area contributed by atoms with Gasteiger partial charge in [0.15, 0.2) is 11.5 Å². The van der Waals surface area contributed by atoms with Gasteiger partial charge in [-0.1, -0.05) is 36.4 Å². The van der Waals surface area contributed by atoms with Gasteiger partial charge in [0.1, 0.15) is 13.2 Å². The molecule has 2 aromatic carbocycles. The molecule has 1 heterocycles. The Balaban J connectivity index is 1.63. The fourth-order valence-electron chi connectivity index (χ4n) is 3.08. The molecule has 10 heteroatoms. The third kappa shape index (κ3) is 6.24. The fraction of sp³-hybridized carbons (Fsp3) is 0.250. The van der Waals surface area contributed by atoms with E-state index < -0.39 is 21.5 Å². The Kier molecular flexibility index (Phi) is 8.08. The number of sulfonamides is 1. The first-order chi connectivity index (χ1) is 16.2. The molecule has 0 aliphatic rings. The molecule has 9 nitrogen and oxygen atoms in total. The van der Waals surface area contributed by atoms with Crippen molar-refractivity contribution in [3.05, 3.63) is 88.3 Å². The van der Waals surface area contributed by atoms with Gasteiger partial charge in [0.25, 0.3) is 5.56 Å². The predicted octanol–water partition coefficient (Wildman–Crippen LogP) is 2.00. The number of aromatic nitrogens is 1. The van der Waals surface area contributed by atoms with Gasteiger partial charge < -0.3 is 19.4 Å². The molecule has 1 amide bonds. The van der Waals surface area contributed by atoms with Crippen LogP contribution in [0.4, 0.5) is 0 Å². The number of amides is 1. The lowest BCUT2D eigenvalue weighted by Crippen LogP contribution is -2.32. The minimum atomic E-state index is -3.73. The van der Waals surface area contributed by atoms with E-state index in [1.54, 1.807) is 18.2 Å². The van der Waals surface area contributed by atoms with Crippen molar-refractivity contribution < 1.29 is 22.7 Å². The molecular formula is C24H27N3O6S. The van der Waals surface area contributed by atoms with Crippen LogP contribution >= 0.6 is 0 Å². The lowest BCUT2D eigenvalue weighted by atomic mass is 10.2. The SMILES string of the molecule is COc1cc(CNC(=O)Cn2cc(S(=O)(=O)N(C)C)ccc2=O)ccc1OCc1ccccc1. The van der Waals surface area contributed by atoms with E-state index in [1.807, 2.05) is 30.3 Å². The molecule has 0 atom stereocenters. The summed E-state index contributed by atoms with van der Waals surface area (Å²) in [5, 5.41) is 2.73. The van der Waals surface area contributed by atoms with Gasteiger partial charge in [0.2, 0.25) is 15.9 Å². The summed E-state index contributed by atoms with van der Waals surface area (Å²) >= 11 is 0. The Labute approximate surface area is 198 Å². The highest BCUT2D eigenvalue weighted by molar-refractivity contribution is 7.89. The predicted molar refractivity (Wildman–Crippen MR) is 127 cm³/mol.